The highest BCUT2D eigenvalue weighted by Crippen LogP contribution is 2.48. The van der Waals surface area contributed by atoms with Gasteiger partial charge < -0.3 is 18.3 Å². The molecule has 0 saturated carbocycles. The fourth-order valence-corrected chi connectivity index (χ4v) is 9.73. The van der Waals surface area contributed by atoms with Gasteiger partial charge in [-0.2, -0.15) is 0 Å². The summed E-state index contributed by atoms with van der Waals surface area (Å²) in [6.07, 6.45) is 0. The molecule has 0 bridgehead atoms. The molecule has 0 N–H and O–H groups in total. The smallest absolute Gasteiger partial charge is 0.138 e. The zero-order chi connectivity index (χ0) is 40.7. The molecule has 0 aliphatic rings. The van der Waals surface area contributed by atoms with Gasteiger partial charge in [-0.1, -0.05) is 140 Å². The van der Waals surface area contributed by atoms with Crippen LogP contribution in [0.3, 0.4) is 0 Å². The van der Waals surface area contributed by atoms with Crippen LogP contribution in [-0.2, 0) is 0 Å². The van der Waals surface area contributed by atoms with Crippen LogP contribution >= 0.6 is 0 Å². The van der Waals surface area contributed by atoms with Gasteiger partial charge in [-0.15, -0.1) is 0 Å². The SMILES string of the molecule is c1ccc(-c2ccc(N(c3ccc4ccccc4c3)c3ccc4c5c(-c6ccc7c(c6)oc6ccccc67)c6c(cc5n(-c5ccccc5)c4c3)oc3ccccc36)cc2)cc1. The molecule has 0 radical (unpaired) electrons. The maximum Gasteiger partial charge on any atom is 0.138 e. The zero-order valence-electron chi connectivity index (χ0n) is 33.5. The Morgan fingerprint density at radius 1 is 0.323 bits per heavy atom. The van der Waals surface area contributed by atoms with Crippen molar-refractivity contribution in [1.82, 2.24) is 4.57 Å². The molecule has 290 valence electrons. The number of hydrogen-bond acceptors (Lipinski definition) is 3. The van der Waals surface area contributed by atoms with Gasteiger partial charge in [0.1, 0.15) is 22.3 Å². The molecule has 0 saturated heterocycles. The van der Waals surface area contributed by atoms with Gasteiger partial charge in [0.2, 0.25) is 0 Å². The van der Waals surface area contributed by atoms with Gasteiger partial charge in [0.25, 0.3) is 0 Å². The minimum Gasteiger partial charge on any atom is -0.456 e. The normalized spacial score (nSPS) is 11.9. The highest BCUT2D eigenvalue weighted by molar-refractivity contribution is 6.27. The minimum absolute atomic E-state index is 0.843. The quantitative estimate of drug-likeness (QED) is 0.168. The molecule has 62 heavy (non-hydrogen) atoms. The third-order valence-electron chi connectivity index (χ3n) is 12.5. The van der Waals surface area contributed by atoms with E-state index in [9.17, 15) is 0 Å². The number of nitrogens with zero attached hydrogens (tertiary/aromatic N) is 2. The summed E-state index contributed by atoms with van der Waals surface area (Å²) in [4.78, 5) is 2.38. The molecule has 3 aromatic heterocycles. The summed E-state index contributed by atoms with van der Waals surface area (Å²) in [5.41, 5.74) is 14.5. The van der Waals surface area contributed by atoms with E-state index in [2.05, 4.69) is 210 Å². The molecule has 3 heterocycles. The van der Waals surface area contributed by atoms with E-state index >= 15 is 0 Å². The molecule has 4 nitrogen and oxygen atoms in total. The standard InChI is InChI=1S/C58H36N2O2/c1-3-13-37(14-4-1)39-23-27-43(28-24-39)59(44-29-25-38-15-7-8-16-40(38)33-44)45-30-32-48-50(35-45)60(42-17-5-2-6-18-42)51-36-55-58(49-20-10-12-22-53(49)62-55)56(57(48)51)41-26-31-47-46-19-9-11-21-52(46)61-54(47)34-41/h1-36H. The van der Waals surface area contributed by atoms with Gasteiger partial charge in [0.05, 0.1) is 11.0 Å². The lowest BCUT2D eigenvalue weighted by molar-refractivity contribution is 0.668. The molecule has 0 amide bonds. The Balaban J connectivity index is 1.11. The van der Waals surface area contributed by atoms with Gasteiger partial charge >= 0.3 is 0 Å². The summed E-state index contributed by atoms with van der Waals surface area (Å²) in [6, 6.07) is 78.0. The summed E-state index contributed by atoms with van der Waals surface area (Å²) in [5, 5.41) is 9.11. The maximum atomic E-state index is 6.75. The summed E-state index contributed by atoms with van der Waals surface area (Å²) >= 11 is 0. The van der Waals surface area contributed by atoms with E-state index in [1.54, 1.807) is 0 Å². The maximum absolute atomic E-state index is 6.75. The van der Waals surface area contributed by atoms with Crippen molar-refractivity contribution in [1.29, 1.82) is 0 Å². The molecular formula is C58H36N2O2. The van der Waals surface area contributed by atoms with Crippen LogP contribution in [0.2, 0.25) is 0 Å². The molecule has 0 unspecified atom stereocenters. The molecule has 0 aliphatic carbocycles. The predicted molar refractivity (Wildman–Crippen MR) is 258 cm³/mol. The number of fused-ring (bicyclic) bond motifs is 10. The van der Waals surface area contributed by atoms with Crippen LogP contribution in [0.1, 0.15) is 0 Å². The first kappa shape index (κ1) is 34.5. The van der Waals surface area contributed by atoms with Crippen molar-refractivity contribution in [2.45, 2.75) is 0 Å². The summed E-state index contributed by atoms with van der Waals surface area (Å²) in [6.45, 7) is 0. The Morgan fingerprint density at radius 2 is 0.903 bits per heavy atom. The summed E-state index contributed by atoms with van der Waals surface area (Å²) in [7, 11) is 0. The molecule has 0 fully saturated rings. The van der Waals surface area contributed by atoms with Crippen LogP contribution in [0, 0.1) is 0 Å². The molecular weight excluding hydrogens is 757 g/mol. The van der Waals surface area contributed by atoms with E-state index < -0.39 is 0 Å². The minimum atomic E-state index is 0.843. The topological polar surface area (TPSA) is 34.5 Å². The Labute approximate surface area is 356 Å². The lowest BCUT2D eigenvalue weighted by Crippen LogP contribution is -2.10. The first-order valence-corrected chi connectivity index (χ1v) is 21.1. The Morgan fingerprint density at radius 3 is 1.73 bits per heavy atom. The molecule has 0 atom stereocenters. The number of hydrogen-bond donors (Lipinski definition) is 0. The number of para-hydroxylation sites is 3. The van der Waals surface area contributed by atoms with Crippen LogP contribution < -0.4 is 4.90 Å². The van der Waals surface area contributed by atoms with Crippen LogP contribution in [0.25, 0.3) is 104 Å². The van der Waals surface area contributed by atoms with Crippen molar-refractivity contribution >= 4 is 93.5 Å². The molecule has 13 aromatic rings. The molecule has 0 aliphatic heterocycles. The summed E-state index contributed by atoms with van der Waals surface area (Å²) in [5.74, 6) is 0. The van der Waals surface area contributed by atoms with Crippen molar-refractivity contribution in [3.8, 4) is 27.9 Å². The lowest BCUT2D eigenvalue weighted by atomic mass is 9.93. The average molecular weight is 793 g/mol. The largest absolute Gasteiger partial charge is 0.456 e. The van der Waals surface area contributed by atoms with Gasteiger partial charge in [-0.3, -0.25) is 0 Å². The Hall–Kier alpha value is -8.34. The van der Waals surface area contributed by atoms with Crippen molar-refractivity contribution in [2.75, 3.05) is 4.90 Å². The molecule has 13 rings (SSSR count). The summed E-state index contributed by atoms with van der Waals surface area (Å²) < 4.78 is 15.7. The first-order valence-electron chi connectivity index (χ1n) is 21.1. The van der Waals surface area contributed by atoms with E-state index in [1.165, 1.54) is 21.9 Å². The fourth-order valence-electron chi connectivity index (χ4n) is 9.73. The van der Waals surface area contributed by atoms with E-state index in [0.717, 1.165) is 99.6 Å². The van der Waals surface area contributed by atoms with Crippen LogP contribution in [0.15, 0.2) is 227 Å². The number of aromatic nitrogens is 1. The lowest BCUT2D eigenvalue weighted by Gasteiger charge is -2.26. The van der Waals surface area contributed by atoms with Gasteiger partial charge in [0, 0.05) is 66.7 Å². The van der Waals surface area contributed by atoms with Gasteiger partial charge in [-0.05, 0) is 100 Å². The van der Waals surface area contributed by atoms with Crippen molar-refractivity contribution < 1.29 is 8.83 Å². The number of rotatable bonds is 6. The Bertz CT molecular complexity index is 3860. The van der Waals surface area contributed by atoms with Crippen molar-refractivity contribution in [3.05, 3.63) is 218 Å². The average Bonchev–Trinajstić information content (AvgIpc) is 4.00. The van der Waals surface area contributed by atoms with Gasteiger partial charge in [0.15, 0.2) is 0 Å². The third-order valence-corrected chi connectivity index (χ3v) is 12.5. The second kappa shape index (κ2) is 13.6. The molecule has 4 heteroatoms. The van der Waals surface area contributed by atoms with Crippen molar-refractivity contribution in [3.63, 3.8) is 0 Å². The second-order valence-corrected chi connectivity index (χ2v) is 16.1. The van der Waals surface area contributed by atoms with E-state index in [0.29, 0.717) is 0 Å². The van der Waals surface area contributed by atoms with Crippen LogP contribution in [0.4, 0.5) is 17.1 Å². The third kappa shape index (κ3) is 5.33. The highest BCUT2D eigenvalue weighted by Gasteiger charge is 2.25. The van der Waals surface area contributed by atoms with Crippen LogP contribution in [-0.4, -0.2) is 4.57 Å². The van der Waals surface area contributed by atoms with E-state index in [4.69, 9.17) is 8.83 Å². The monoisotopic (exact) mass is 792 g/mol. The van der Waals surface area contributed by atoms with E-state index in [1.807, 2.05) is 18.2 Å². The zero-order valence-corrected chi connectivity index (χ0v) is 33.5. The number of furan rings is 2. The fraction of sp³-hybridized carbons (Fsp3) is 0. The predicted octanol–water partition coefficient (Wildman–Crippen LogP) is 16.5. The molecule has 10 aromatic carbocycles. The Kier molecular flexibility index (Phi) is 7.57. The number of benzene rings is 10. The van der Waals surface area contributed by atoms with Crippen LogP contribution in [0.5, 0.6) is 0 Å². The highest BCUT2D eigenvalue weighted by atomic mass is 16.3. The van der Waals surface area contributed by atoms with E-state index in [-0.39, 0.29) is 0 Å². The van der Waals surface area contributed by atoms with Crippen molar-refractivity contribution in [2.24, 2.45) is 0 Å². The second-order valence-electron chi connectivity index (χ2n) is 16.1. The molecule has 0 spiro atoms. The van der Waals surface area contributed by atoms with Gasteiger partial charge in [-0.25, -0.2) is 0 Å². The first-order chi connectivity index (χ1) is 30.7. The number of anilines is 3.